The first-order valence-corrected chi connectivity index (χ1v) is 7.83. The summed E-state index contributed by atoms with van der Waals surface area (Å²) in [6, 6.07) is 0. The lowest BCUT2D eigenvalue weighted by atomic mass is 9.99. The van der Waals surface area contributed by atoms with Gasteiger partial charge in [0.05, 0.1) is 29.1 Å². The topological polar surface area (TPSA) is 101 Å². The molecule has 0 aliphatic heterocycles. The summed E-state index contributed by atoms with van der Waals surface area (Å²) in [7, 11) is 0. The molecule has 0 rings (SSSR count). The minimum atomic E-state index is -0.897. The van der Waals surface area contributed by atoms with Gasteiger partial charge in [0.25, 0.3) is 0 Å². The van der Waals surface area contributed by atoms with Crippen LogP contribution in [0.5, 0.6) is 0 Å². The van der Waals surface area contributed by atoms with Crippen molar-refractivity contribution in [3.8, 4) is 0 Å². The van der Waals surface area contributed by atoms with Gasteiger partial charge in [-0.3, -0.25) is 0 Å². The maximum atomic E-state index is 9.80. The lowest BCUT2D eigenvalue weighted by Gasteiger charge is -2.23. The van der Waals surface area contributed by atoms with E-state index in [2.05, 4.69) is 0 Å². The molecule has 20 heavy (non-hydrogen) atoms. The molecule has 4 atom stereocenters. The second kappa shape index (κ2) is 12.0. The Morgan fingerprint density at radius 3 is 1.35 bits per heavy atom. The normalized spacial score (nSPS) is 18.0. The van der Waals surface area contributed by atoms with Crippen molar-refractivity contribution in [3.63, 3.8) is 0 Å². The Kier molecular flexibility index (Phi) is 12.2. The Hall–Kier alpha value is 0.380. The molecule has 0 unspecified atom stereocenters. The van der Waals surface area contributed by atoms with Crippen LogP contribution >= 0.6 is 23.2 Å². The zero-order valence-electron chi connectivity index (χ0n) is 11.5. The van der Waals surface area contributed by atoms with Crippen LogP contribution in [0, 0.1) is 0 Å². The predicted octanol–water partition coefficient (Wildman–Crippen LogP) is 0.609. The van der Waals surface area contributed by atoms with Crippen LogP contribution in [-0.4, -0.2) is 67.8 Å². The average molecular weight is 333 g/mol. The lowest BCUT2D eigenvalue weighted by molar-refractivity contribution is 0.0353. The maximum absolute atomic E-state index is 9.80. The number of halogens is 2. The maximum Gasteiger partial charge on any atom is 0.0728 e. The molecule has 0 bridgehead atoms. The molecule has 0 radical (unpaired) electrons. The van der Waals surface area contributed by atoms with E-state index in [1.54, 1.807) is 0 Å². The van der Waals surface area contributed by atoms with Gasteiger partial charge < -0.3 is 25.5 Å². The van der Waals surface area contributed by atoms with Crippen molar-refractivity contribution in [1.29, 1.82) is 0 Å². The molecule has 7 heteroatoms. The molecular weight excluding hydrogens is 307 g/mol. The molecule has 0 aromatic heterocycles. The van der Waals surface area contributed by atoms with E-state index in [4.69, 9.17) is 33.4 Å². The third-order valence-electron chi connectivity index (χ3n) is 3.14. The number of aliphatic hydroxyl groups excluding tert-OH is 5. The highest BCUT2D eigenvalue weighted by Crippen LogP contribution is 2.19. The summed E-state index contributed by atoms with van der Waals surface area (Å²) in [6.07, 6.45) is -0.657. The molecule has 0 aliphatic carbocycles. The standard InChI is InChI=1S/C13H26Cl2O5/c14-10(3-1-5-16)12(19)7-9(18)8-13(20)11(15)4-2-6-17/h9-13,16-20H,1-8H2/t10-,11-,12+,13+/m1/s1. The van der Waals surface area contributed by atoms with E-state index in [9.17, 15) is 15.3 Å². The Labute approximate surface area is 130 Å². The summed E-state index contributed by atoms with van der Waals surface area (Å²) < 4.78 is 0. The summed E-state index contributed by atoms with van der Waals surface area (Å²) in [4.78, 5) is 0. The highest BCUT2D eigenvalue weighted by Gasteiger charge is 2.24. The fraction of sp³-hybridized carbons (Fsp3) is 1.00. The van der Waals surface area contributed by atoms with E-state index < -0.39 is 29.1 Å². The molecule has 0 aromatic carbocycles. The van der Waals surface area contributed by atoms with Crippen LogP contribution < -0.4 is 0 Å². The van der Waals surface area contributed by atoms with Gasteiger partial charge in [-0.25, -0.2) is 0 Å². The Bertz CT molecular complexity index is 211. The van der Waals surface area contributed by atoms with E-state index in [1.807, 2.05) is 0 Å². The van der Waals surface area contributed by atoms with Crippen LogP contribution in [0.1, 0.15) is 38.5 Å². The van der Waals surface area contributed by atoms with E-state index in [0.29, 0.717) is 25.7 Å². The van der Waals surface area contributed by atoms with Gasteiger partial charge in [-0.15, -0.1) is 23.2 Å². The molecule has 0 saturated heterocycles. The first kappa shape index (κ1) is 20.4. The monoisotopic (exact) mass is 332 g/mol. The van der Waals surface area contributed by atoms with Crippen molar-refractivity contribution in [1.82, 2.24) is 0 Å². The molecule has 0 amide bonds. The number of rotatable bonds is 12. The fourth-order valence-electron chi connectivity index (χ4n) is 1.91. The first-order chi connectivity index (χ1) is 9.42. The van der Waals surface area contributed by atoms with Crippen molar-refractivity contribution in [2.45, 2.75) is 67.6 Å². The summed E-state index contributed by atoms with van der Waals surface area (Å²) in [5, 5.41) is 45.7. The SMILES string of the molecule is OCCC[C@@H](Cl)[C@@H](O)CC(O)C[C@H](O)[C@H](Cl)CCCO. The van der Waals surface area contributed by atoms with Gasteiger partial charge in [0.2, 0.25) is 0 Å². The van der Waals surface area contributed by atoms with Crippen LogP contribution in [0.15, 0.2) is 0 Å². The predicted molar refractivity (Wildman–Crippen MR) is 79.2 cm³/mol. The minimum absolute atomic E-state index is 0.00991. The minimum Gasteiger partial charge on any atom is -0.396 e. The van der Waals surface area contributed by atoms with Gasteiger partial charge in [-0.2, -0.15) is 0 Å². The van der Waals surface area contributed by atoms with Crippen LogP contribution in [0.2, 0.25) is 0 Å². The molecule has 5 N–H and O–H groups in total. The van der Waals surface area contributed by atoms with Crippen LogP contribution in [0.3, 0.4) is 0 Å². The third kappa shape index (κ3) is 9.34. The Morgan fingerprint density at radius 2 is 1.05 bits per heavy atom. The Balaban J connectivity index is 3.98. The smallest absolute Gasteiger partial charge is 0.0728 e. The van der Waals surface area contributed by atoms with Gasteiger partial charge in [-0.05, 0) is 25.7 Å². The highest BCUT2D eigenvalue weighted by atomic mass is 35.5. The first-order valence-electron chi connectivity index (χ1n) is 6.96. The molecule has 0 fully saturated rings. The molecular formula is C13H26Cl2O5. The van der Waals surface area contributed by atoms with Gasteiger partial charge in [0.1, 0.15) is 0 Å². The number of alkyl halides is 2. The lowest BCUT2D eigenvalue weighted by Crippen LogP contribution is -2.31. The molecule has 0 aliphatic rings. The number of hydrogen-bond donors (Lipinski definition) is 5. The van der Waals surface area contributed by atoms with E-state index in [0.717, 1.165) is 0 Å². The van der Waals surface area contributed by atoms with Gasteiger partial charge >= 0.3 is 0 Å². The van der Waals surface area contributed by atoms with Crippen molar-refractivity contribution >= 4 is 23.2 Å². The van der Waals surface area contributed by atoms with Crippen LogP contribution in [-0.2, 0) is 0 Å². The zero-order chi connectivity index (χ0) is 15.5. The largest absolute Gasteiger partial charge is 0.396 e. The fourth-order valence-corrected chi connectivity index (χ4v) is 2.42. The number of hydrogen-bond acceptors (Lipinski definition) is 5. The molecule has 122 valence electrons. The van der Waals surface area contributed by atoms with E-state index in [-0.39, 0.29) is 26.1 Å². The quantitative estimate of drug-likeness (QED) is 0.337. The average Bonchev–Trinajstić information content (AvgIpc) is 2.41. The third-order valence-corrected chi connectivity index (χ3v) is 4.16. The van der Waals surface area contributed by atoms with Crippen molar-refractivity contribution in [3.05, 3.63) is 0 Å². The molecule has 0 aromatic rings. The van der Waals surface area contributed by atoms with Gasteiger partial charge in [-0.1, -0.05) is 0 Å². The van der Waals surface area contributed by atoms with Crippen molar-refractivity contribution in [2.75, 3.05) is 13.2 Å². The number of aliphatic hydroxyl groups is 5. The zero-order valence-corrected chi connectivity index (χ0v) is 13.0. The summed E-state index contributed by atoms with van der Waals surface area (Å²) in [6.45, 7) is 0.0198. The van der Waals surface area contributed by atoms with Crippen molar-refractivity contribution < 1.29 is 25.5 Å². The van der Waals surface area contributed by atoms with Crippen LogP contribution in [0.4, 0.5) is 0 Å². The van der Waals surface area contributed by atoms with E-state index in [1.165, 1.54) is 0 Å². The summed E-state index contributed by atoms with van der Waals surface area (Å²) in [5.74, 6) is 0. The highest BCUT2D eigenvalue weighted by molar-refractivity contribution is 6.21. The van der Waals surface area contributed by atoms with Crippen LogP contribution in [0.25, 0.3) is 0 Å². The molecule has 5 nitrogen and oxygen atoms in total. The van der Waals surface area contributed by atoms with Gasteiger partial charge in [0, 0.05) is 26.1 Å². The molecule has 0 heterocycles. The second-order valence-corrected chi connectivity index (χ2v) is 6.14. The molecule has 0 spiro atoms. The summed E-state index contributed by atoms with van der Waals surface area (Å²) in [5.41, 5.74) is 0. The van der Waals surface area contributed by atoms with E-state index >= 15 is 0 Å². The molecule has 0 saturated carbocycles. The van der Waals surface area contributed by atoms with Crippen molar-refractivity contribution in [2.24, 2.45) is 0 Å². The second-order valence-electron chi connectivity index (χ2n) is 5.02. The summed E-state index contributed by atoms with van der Waals surface area (Å²) >= 11 is 11.9. The Morgan fingerprint density at radius 1 is 0.700 bits per heavy atom. The van der Waals surface area contributed by atoms with Gasteiger partial charge in [0.15, 0.2) is 0 Å².